The van der Waals surface area contributed by atoms with Gasteiger partial charge in [0.15, 0.2) is 5.00 Å². The molecule has 0 saturated heterocycles. The summed E-state index contributed by atoms with van der Waals surface area (Å²) in [7, 11) is 0. The van der Waals surface area contributed by atoms with Gasteiger partial charge in [-0.15, -0.1) is 0 Å². The predicted octanol–water partition coefficient (Wildman–Crippen LogP) is 0.424. The number of hydrogen-bond donors (Lipinski definition) is 1. The van der Waals surface area contributed by atoms with Gasteiger partial charge in [0, 0.05) is 0 Å². The Morgan fingerprint density at radius 3 is 2.17 bits per heavy atom. The average molecular weight is 105 g/mol. The van der Waals surface area contributed by atoms with Gasteiger partial charge in [-0.25, -0.2) is 0 Å². The summed E-state index contributed by atoms with van der Waals surface area (Å²) in [6.07, 6.45) is 0. The normalized spacial score (nSPS) is 18.3. The highest BCUT2D eigenvalue weighted by Crippen LogP contribution is 1.99. The molecule has 0 aliphatic rings. The molecule has 0 aliphatic carbocycles. The predicted molar refractivity (Wildman–Crippen MR) is 24.1 cm³/mol. The van der Waals surface area contributed by atoms with Crippen molar-refractivity contribution in [1.29, 1.82) is 5.26 Å². The first-order valence-corrected chi connectivity index (χ1v) is 1.83. The van der Waals surface area contributed by atoms with Crippen LogP contribution < -0.4 is 5.73 Å². The summed E-state index contributed by atoms with van der Waals surface area (Å²) in [6.45, 7) is 1.43. The average Bonchev–Trinajstić information content (AvgIpc) is 1.35. The lowest BCUT2D eigenvalue weighted by Gasteiger charge is -1.98. The van der Waals surface area contributed by atoms with Crippen LogP contribution in [0.3, 0.4) is 0 Å². The number of nitriles is 1. The van der Waals surface area contributed by atoms with Crippen LogP contribution in [0.15, 0.2) is 0 Å². The minimum atomic E-state index is -1.18. The highest BCUT2D eigenvalue weighted by atomic mass is 35.5. The molecule has 0 spiro atoms. The summed E-state index contributed by atoms with van der Waals surface area (Å²) in [5, 5.41) is 7.90. The van der Waals surface area contributed by atoms with Crippen molar-refractivity contribution in [2.45, 2.75) is 11.9 Å². The summed E-state index contributed by atoms with van der Waals surface area (Å²) in [6, 6.07) is 1.65. The largest absolute Gasteiger partial charge is 0.301 e. The highest BCUT2D eigenvalue weighted by molar-refractivity contribution is 6.24. The van der Waals surface area contributed by atoms with Gasteiger partial charge in [-0.3, -0.25) is 0 Å². The first-order valence-electron chi connectivity index (χ1n) is 1.45. The number of alkyl halides is 1. The van der Waals surface area contributed by atoms with Crippen molar-refractivity contribution in [3.63, 3.8) is 0 Å². The number of halogens is 1. The van der Waals surface area contributed by atoms with E-state index in [1.165, 1.54) is 6.92 Å². The van der Waals surface area contributed by atoms with Gasteiger partial charge in [0.1, 0.15) is 6.07 Å². The molecule has 0 aromatic carbocycles. The minimum Gasteiger partial charge on any atom is -0.301 e. The molecule has 1 atom stereocenters. The molecule has 0 radical (unpaired) electrons. The molecule has 3 heteroatoms. The molecule has 0 aromatic heterocycles. The van der Waals surface area contributed by atoms with E-state index < -0.39 is 5.00 Å². The van der Waals surface area contributed by atoms with E-state index in [1.807, 2.05) is 0 Å². The third kappa shape index (κ3) is 3.74. The van der Waals surface area contributed by atoms with Gasteiger partial charge in [-0.05, 0) is 6.92 Å². The molecule has 2 N–H and O–H groups in total. The molecule has 0 rings (SSSR count). The summed E-state index contributed by atoms with van der Waals surface area (Å²) in [5.41, 5.74) is 4.94. The lowest BCUT2D eigenvalue weighted by Crippen LogP contribution is -2.25. The van der Waals surface area contributed by atoms with Gasteiger partial charge in [-0.1, -0.05) is 11.6 Å². The first-order chi connectivity index (χ1) is 2.56. The Morgan fingerprint density at radius 1 is 2.00 bits per heavy atom. The number of nitrogens with zero attached hydrogens (tertiary/aromatic N) is 1. The summed E-state index contributed by atoms with van der Waals surface area (Å²) >= 11 is 5.13. The molecule has 34 valence electrons. The second kappa shape index (κ2) is 1.46. The first kappa shape index (κ1) is 5.74. The zero-order valence-corrected chi connectivity index (χ0v) is 4.16. The fourth-order valence-electron chi connectivity index (χ4n) is 0. The van der Waals surface area contributed by atoms with E-state index >= 15 is 0 Å². The van der Waals surface area contributed by atoms with Crippen LogP contribution in [-0.2, 0) is 0 Å². The lowest BCUT2D eigenvalue weighted by atomic mass is 10.4. The SMILES string of the molecule is CC(N)(Cl)C#N. The maximum absolute atomic E-state index is 7.90. The summed E-state index contributed by atoms with van der Waals surface area (Å²) in [5.74, 6) is 0. The molecule has 2 nitrogen and oxygen atoms in total. The Kier molecular flexibility index (Phi) is 1.40. The van der Waals surface area contributed by atoms with Gasteiger partial charge < -0.3 is 5.73 Å². The van der Waals surface area contributed by atoms with Crippen LogP contribution in [-0.4, -0.2) is 5.00 Å². The van der Waals surface area contributed by atoms with Gasteiger partial charge in [0.2, 0.25) is 0 Å². The fourth-order valence-corrected chi connectivity index (χ4v) is 0. The zero-order chi connectivity index (χ0) is 5.21. The third-order valence-electron chi connectivity index (χ3n) is 0.219. The molecular formula is C3H5ClN2. The number of hydrogen-bond acceptors (Lipinski definition) is 2. The quantitative estimate of drug-likeness (QED) is 0.358. The molecule has 0 amide bonds. The topological polar surface area (TPSA) is 49.8 Å². The Balaban J connectivity index is 3.55. The van der Waals surface area contributed by atoms with E-state index in [0.717, 1.165) is 0 Å². The zero-order valence-electron chi connectivity index (χ0n) is 3.40. The van der Waals surface area contributed by atoms with Gasteiger partial charge in [0.25, 0.3) is 0 Å². The van der Waals surface area contributed by atoms with Gasteiger partial charge in [-0.2, -0.15) is 5.26 Å². The number of rotatable bonds is 0. The molecule has 0 fully saturated rings. The standard InChI is InChI=1S/C3H5ClN2/c1-3(4,6)2-5/h6H2,1H3. The molecule has 0 aromatic rings. The second-order valence-corrected chi connectivity index (χ2v) is 1.97. The molecular weight excluding hydrogens is 99.5 g/mol. The van der Waals surface area contributed by atoms with Crippen LogP contribution in [0.2, 0.25) is 0 Å². The van der Waals surface area contributed by atoms with Crippen LogP contribution in [0.5, 0.6) is 0 Å². The van der Waals surface area contributed by atoms with E-state index in [9.17, 15) is 0 Å². The van der Waals surface area contributed by atoms with Crippen LogP contribution in [0.25, 0.3) is 0 Å². The van der Waals surface area contributed by atoms with E-state index in [2.05, 4.69) is 0 Å². The van der Waals surface area contributed by atoms with Crippen LogP contribution >= 0.6 is 11.6 Å². The van der Waals surface area contributed by atoms with Crippen LogP contribution in [0, 0.1) is 11.3 Å². The molecule has 6 heavy (non-hydrogen) atoms. The van der Waals surface area contributed by atoms with Crippen molar-refractivity contribution in [3.05, 3.63) is 0 Å². The van der Waals surface area contributed by atoms with Crippen molar-refractivity contribution < 1.29 is 0 Å². The summed E-state index contributed by atoms with van der Waals surface area (Å²) in [4.78, 5) is -1.18. The van der Waals surface area contributed by atoms with Gasteiger partial charge >= 0.3 is 0 Å². The lowest BCUT2D eigenvalue weighted by molar-refractivity contribution is 0.847. The minimum absolute atomic E-state index is 1.18. The van der Waals surface area contributed by atoms with E-state index in [1.54, 1.807) is 6.07 Å². The monoisotopic (exact) mass is 104 g/mol. The third-order valence-corrected chi connectivity index (χ3v) is 0.303. The smallest absolute Gasteiger partial charge is 0.176 e. The van der Waals surface area contributed by atoms with E-state index in [4.69, 9.17) is 22.6 Å². The Bertz CT molecular complexity index is 75.8. The Labute approximate surface area is 41.5 Å². The van der Waals surface area contributed by atoms with Crippen molar-refractivity contribution in [2.75, 3.05) is 0 Å². The maximum atomic E-state index is 7.90. The van der Waals surface area contributed by atoms with Crippen molar-refractivity contribution >= 4 is 11.6 Å². The number of nitrogens with two attached hydrogens (primary N) is 1. The fraction of sp³-hybridized carbons (Fsp3) is 0.667. The van der Waals surface area contributed by atoms with Crippen molar-refractivity contribution in [2.24, 2.45) is 5.73 Å². The van der Waals surface area contributed by atoms with Crippen LogP contribution in [0.4, 0.5) is 0 Å². The molecule has 0 bridgehead atoms. The summed E-state index contributed by atoms with van der Waals surface area (Å²) < 4.78 is 0. The van der Waals surface area contributed by atoms with E-state index in [-0.39, 0.29) is 0 Å². The molecule has 0 saturated carbocycles. The Hall–Kier alpha value is -0.260. The molecule has 0 aliphatic heterocycles. The van der Waals surface area contributed by atoms with Crippen molar-refractivity contribution in [1.82, 2.24) is 0 Å². The molecule has 1 unspecified atom stereocenters. The van der Waals surface area contributed by atoms with E-state index in [0.29, 0.717) is 0 Å². The molecule has 0 heterocycles. The van der Waals surface area contributed by atoms with Crippen LogP contribution in [0.1, 0.15) is 6.92 Å². The van der Waals surface area contributed by atoms with Crippen molar-refractivity contribution in [3.8, 4) is 6.07 Å². The van der Waals surface area contributed by atoms with Gasteiger partial charge in [0.05, 0.1) is 0 Å². The second-order valence-electron chi connectivity index (χ2n) is 1.19. The Morgan fingerprint density at radius 2 is 2.17 bits per heavy atom. The highest BCUT2D eigenvalue weighted by Gasteiger charge is 2.08. The maximum Gasteiger partial charge on any atom is 0.176 e.